The first kappa shape index (κ1) is 15.5. The Balaban J connectivity index is 2.68. The summed E-state index contributed by atoms with van der Waals surface area (Å²) in [6.45, 7) is 6.03. The average molecular weight is 264 g/mol. The van der Waals surface area contributed by atoms with Crippen LogP contribution < -0.4 is 15.8 Å². The van der Waals surface area contributed by atoms with E-state index in [4.69, 9.17) is 10.5 Å². The van der Waals surface area contributed by atoms with Gasteiger partial charge in [0.15, 0.2) is 0 Å². The summed E-state index contributed by atoms with van der Waals surface area (Å²) in [5.41, 5.74) is 6.83. The van der Waals surface area contributed by atoms with E-state index in [2.05, 4.69) is 19.2 Å². The van der Waals surface area contributed by atoms with Gasteiger partial charge in [-0.05, 0) is 25.3 Å². The summed E-state index contributed by atoms with van der Waals surface area (Å²) in [7, 11) is 1.62. The largest absolute Gasteiger partial charge is 0.496 e. The van der Waals surface area contributed by atoms with Gasteiger partial charge in [-0.2, -0.15) is 0 Å². The van der Waals surface area contributed by atoms with Crippen molar-refractivity contribution >= 4 is 5.91 Å². The highest BCUT2D eigenvalue weighted by Crippen LogP contribution is 2.24. The summed E-state index contributed by atoms with van der Waals surface area (Å²) in [6.07, 6.45) is 0.685. The molecular formula is C15H24N2O2. The SMILES string of the molecule is COc1ccccc1[C@H](C)NC(=O)[C@@H](N)CC(C)C. The second-order valence-corrected chi connectivity index (χ2v) is 5.21. The molecule has 1 aromatic rings. The van der Waals surface area contributed by atoms with Crippen LogP contribution >= 0.6 is 0 Å². The highest BCUT2D eigenvalue weighted by atomic mass is 16.5. The van der Waals surface area contributed by atoms with E-state index in [0.29, 0.717) is 12.3 Å². The number of nitrogens with one attached hydrogen (secondary N) is 1. The van der Waals surface area contributed by atoms with Crippen molar-refractivity contribution < 1.29 is 9.53 Å². The molecule has 0 aliphatic carbocycles. The number of benzene rings is 1. The molecule has 0 aliphatic heterocycles. The maximum atomic E-state index is 12.0. The molecule has 2 atom stereocenters. The topological polar surface area (TPSA) is 64.3 Å². The highest BCUT2D eigenvalue weighted by Gasteiger charge is 2.19. The average Bonchev–Trinajstić information content (AvgIpc) is 2.37. The van der Waals surface area contributed by atoms with Gasteiger partial charge < -0.3 is 15.8 Å². The minimum atomic E-state index is -0.461. The molecule has 4 nitrogen and oxygen atoms in total. The third kappa shape index (κ3) is 4.56. The Morgan fingerprint density at radius 2 is 1.95 bits per heavy atom. The summed E-state index contributed by atoms with van der Waals surface area (Å²) in [6, 6.07) is 7.07. The molecular weight excluding hydrogens is 240 g/mol. The maximum Gasteiger partial charge on any atom is 0.237 e. The van der Waals surface area contributed by atoms with Gasteiger partial charge in [-0.3, -0.25) is 4.79 Å². The number of amides is 1. The summed E-state index contributed by atoms with van der Waals surface area (Å²) in [4.78, 5) is 12.0. The Hall–Kier alpha value is -1.55. The van der Waals surface area contributed by atoms with Crippen molar-refractivity contribution in [2.75, 3.05) is 7.11 Å². The van der Waals surface area contributed by atoms with Crippen LogP contribution in [0.3, 0.4) is 0 Å². The van der Waals surface area contributed by atoms with Crippen LogP contribution in [0.1, 0.15) is 38.8 Å². The molecule has 3 N–H and O–H groups in total. The van der Waals surface area contributed by atoms with E-state index in [1.54, 1.807) is 7.11 Å². The zero-order valence-corrected chi connectivity index (χ0v) is 12.1. The predicted octanol–water partition coefficient (Wildman–Crippen LogP) is 2.25. The fourth-order valence-electron chi connectivity index (χ4n) is 2.04. The van der Waals surface area contributed by atoms with E-state index in [0.717, 1.165) is 11.3 Å². The normalized spacial score (nSPS) is 14.0. The highest BCUT2D eigenvalue weighted by molar-refractivity contribution is 5.81. The Morgan fingerprint density at radius 1 is 1.32 bits per heavy atom. The Kier molecular flexibility index (Phi) is 5.83. The zero-order valence-electron chi connectivity index (χ0n) is 12.1. The predicted molar refractivity (Wildman–Crippen MR) is 77.0 cm³/mol. The zero-order chi connectivity index (χ0) is 14.4. The van der Waals surface area contributed by atoms with Crippen molar-refractivity contribution in [1.29, 1.82) is 0 Å². The number of methoxy groups -OCH3 is 1. The fraction of sp³-hybridized carbons (Fsp3) is 0.533. The van der Waals surface area contributed by atoms with E-state index in [9.17, 15) is 4.79 Å². The lowest BCUT2D eigenvalue weighted by atomic mass is 10.0. The lowest BCUT2D eigenvalue weighted by Gasteiger charge is -2.20. The van der Waals surface area contributed by atoms with Crippen LogP contribution in [0.2, 0.25) is 0 Å². The molecule has 1 aromatic carbocycles. The van der Waals surface area contributed by atoms with E-state index in [1.165, 1.54) is 0 Å². The van der Waals surface area contributed by atoms with Gasteiger partial charge in [0.1, 0.15) is 5.75 Å². The molecule has 0 aliphatic rings. The van der Waals surface area contributed by atoms with Crippen LogP contribution in [0.15, 0.2) is 24.3 Å². The Morgan fingerprint density at radius 3 is 2.53 bits per heavy atom. The lowest BCUT2D eigenvalue weighted by Crippen LogP contribution is -2.42. The van der Waals surface area contributed by atoms with E-state index in [1.807, 2.05) is 31.2 Å². The van der Waals surface area contributed by atoms with Crippen molar-refractivity contribution in [3.8, 4) is 5.75 Å². The first-order chi connectivity index (χ1) is 8.95. The monoisotopic (exact) mass is 264 g/mol. The molecule has 0 spiro atoms. The standard InChI is InChI=1S/C15H24N2O2/c1-10(2)9-13(16)15(18)17-11(3)12-7-5-6-8-14(12)19-4/h5-8,10-11,13H,9,16H2,1-4H3,(H,17,18)/t11-,13-/m0/s1. The van der Waals surface area contributed by atoms with Crippen LogP contribution in [-0.2, 0) is 4.79 Å². The molecule has 0 saturated heterocycles. The molecule has 0 aromatic heterocycles. The molecule has 0 radical (unpaired) electrons. The van der Waals surface area contributed by atoms with E-state index >= 15 is 0 Å². The Bertz CT molecular complexity index is 418. The van der Waals surface area contributed by atoms with Crippen LogP contribution in [0.25, 0.3) is 0 Å². The van der Waals surface area contributed by atoms with Gasteiger partial charge in [0, 0.05) is 5.56 Å². The van der Waals surface area contributed by atoms with Crippen LogP contribution in [0.5, 0.6) is 5.75 Å². The number of hydrogen-bond donors (Lipinski definition) is 2. The van der Waals surface area contributed by atoms with Gasteiger partial charge in [0.2, 0.25) is 5.91 Å². The maximum absolute atomic E-state index is 12.0. The number of para-hydroxylation sites is 1. The number of carbonyl (C=O) groups is 1. The molecule has 1 rings (SSSR count). The quantitative estimate of drug-likeness (QED) is 0.828. The Labute approximate surface area is 115 Å². The van der Waals surface area contributed by atoms with E-state index in [-0.39, 0.29) is 11.9 Å². The van der Waals surface area contributed by atoms with Crippen molar-refractivity contribution in [2.24, 2.45) is 11.7 Å². The summed E-state index contributed by atoms with van der Waals surface area (Å²) in [5, 5.41) is 2.93. The second kappa shape index (κ2) is 7.14. The molecule has 106 valence electrons. The molecule has 0 heterocycles. The van der Waals surface area contributed by atoms with Crippen LogP contribution in [0, 0.1) is 5.92 Å². The van der Waals surface area contributed by atoms with Gasteiger partial charge in [-0.1, -0.05) is 32.0 Å². The fourth-order valence-corrected chi connectivity index (χ4v) is 2.04. The van der Waals surface area contributed by atoms with Gasteiger partial charge in [-0.15, -0.1) is 0 Å². The number of rotatable bonds is 6. The number of carbonyl (C=O) groups excluding carboxylic acids is 1. The number of hydrogen-bond acceptors (Lipinski definition) is 3. The van der Waals surface area contributed by atoms with Gasteiger partial charge in [0.05, 0.1) is 19.2 Å². The third-order valence-electron chi connectivity index (χ3n) is 3.03. The molecule has 1 amide bonds. The minimum absolute atomic E-state index is 0.118. The summed E-state index contributed by atoms with van der Waals surface area (Å²) in [5.74, 6) is 1.06. The van der Waals surface area contributed by atoms with Crippen LogP contribution in [0.4, 0.5) is 0 Å². The van der Waals surface area contributed by atoms with Crippen molar-refractivity contribution in [1.82, 2.24) is 5.32 Å². The molecule has 0 unspecified atom stereocenters. The second-order valence-electron chi connectivity index (χ2n) is 5.21. The molecule has 0 fully saturated rings. The molecule has 0 bridgehead atoms. The van der Waals surface area contributed by atoms with Gasteiger partial charge in [-0.25, -0.2) is 0 Å². The minimum Gasteiger partial charge on any atom is -0.496 e. The molecule has 4 heteroatoms. The van der Waals surface area contributed by atoms with Crippen molar-refractivity contribution in [3.63, 3.8) is 0 Å². The third-order valence-corrected chi connectivity index (χ3v) is 3.03. The van der Waals surface area contributed by atoms with Crippen LogP contribution in [-0.4, -0.2) is 19.1 Å². The van der Waals surface area contributed by atoms with E-state index < -0.39 is 6.04 Å². The summed E-state index contributed by atoms with van der Waals surface area (Å²) < 4.78 is 5.29. The number of nitrogens with two attached hydrogens (primary N) is 1. The van der Waals surface area contributed by atoms with Crippen molar-refractivity contribution in [3.05, 3.63) is 29.8 Å². The number of ether oxygens (including phenoxy) is 1. The summed E-state index contributed by atoms with van der Waals surface area (Å²) >= 11 is 0. The molecule has 0 saturated carbocycles. The van der Waals surface area contributed by atoms with Gasteiger partial charge >= 0.3 is 0 Å². The smallest absolute Gasteiger partial charge is 0.237 e. The van der Waals surface area contributed by atoms with Crippen molar-refractivity contribution in [2.45, 2.75) is 39.3 Å². The lowest BCUT2D eigenvalue weighted by molar-refractivity contribution is -0.123. The first-order valence-corrected chi connectivity index (χ1v) is 6.64. The molecule has 19 heavy (non-hydrogen) atoms. The van der Waals surface area contributed by atoms with Gasteiger partial charge in [0.25, 0.3) is 0 Å². The first-order valence-electron chi connectivity index (χ1n) is 6.64.